The smallest absolute Gasteiger partial charge is 0.131 e. The van der Waals surface area contributed by atoms with Crippen LogP contribution in [0.15, 0.2) is 97.1 Å². The third kappa shape index (κ3) is 4.83. The van der Waals surface area contributed by atoms with Gasteiger partial charge in [-0.2, -0.15) is 0 Å². The van der Waals surface area contributed by atoms with Crippen LogP contribution >= 0.6 is 0 Å². The zero-order valence-electron chi connectivity index (χ0n) is 16.8. The molecule has 0 radical (unpaired) electrons. The van der Waals surface area contributed by atoms with Gasteiger partial charge in [0.2, 0.25) is 0 Å². The highest BCUT2D eigenvalue weighted by atomic mass is 19.1. The molecule has 0 N–H and O–H groups in total. The molecule has 0 saturated heterocycles. The molecule has 0 atom stereocenters. The maximum absolute atomic E-state index is 15.0. The summed E-state index contributed by atoms with van der Waals surface area (Å²) in [6.45, 7) is 0. The van der Waals surface area contributed by atoms with Crippen LogP contribution in [0.5, 0.6) is 0 Å². The van der Waals surface area contributed by atoms with E-state index in [0.717, 1.165) is 42.4 Å². The first-order chi connectivity index (χ1) is 14.7. The van der Waals surface area contributed by atoms with Gasteiger partial charge >= 0.3 is 0 Å². The SMILES string of the molecule is Fc1ccc(-c2c(F)ccc(CCc3ccccc3)c2CCc2ccccc2)cc1. The highest BCUT2D eigenvalue weighted by molar-refractivity contribution is 5.69. The average molecular weight is 398 g/mol. The van der Waals surface area contributed by atoms with Crippen LogP contribution < -0.4 is 0 Å². The fraction of sp³-hybridized carbons (Fsp3) is 0.143. The van der Waals surface area contributed by atoms with Crippen LogP contribution in [0.4, 0.5) is 8.78 Å². The largest absolute Gasteiger partial charge is 0.207 e. The predicted octanol–water partition coefficient (Wildman–Crippen LogP) is 7.20. The first-order valence-electron chi connectivity index (χ1n) is 10.3. The van der Waals surface area contributed by atoms with E-state index in [4.69, 9.17) is 0 Å². The molecule has 0 aliphatic heterocycles. The van der Waals surface area contributed by atoms with Gasteiger partial charge in [0.05, 0.1) is 0 Å². The molecule has 150 valence electrons. The van der Waals surface area contributed by atoms with Crippen LogP contribution in [0.3, 0.4) is 0 Å². The average Bonchev–Trinajstić information content (AvgIpc) is 2.79. The van der Waals surface area contributed by atoms with Crippen LogP contribution in [-0.4, -0.2) is 0 Å². The molecule has 0 nitrogen and oxygen atoms in total. The fourth-order valence-corrected chi connectivity index (χ4v) is 3.95. The first-order valence-corrected chi connectivity index (χ1v) is 10.3. The Morgan fingerprint density at radius 1 is 0.500 bits per heavy atom. The molecule has 0 aliphatic rings. The van der Waals surface area contributed by atoms with E-state index in [1.54, 1.807) is 18.2 Å². The Morgan fingerprint density at radius 2 is 1.07 bits per heavy atom. The maximum Gasteiger partial charge on any atom is 0.131 e. The maximum atomic E-state index is 15.0. The molecule has 0 heterocycles. The van der Waals surface area contributed by atoms with Crippen LogP contribution in [-0.2, 0) is 25.7 Å². The number of aryl methyl sites for hydroxylation is 3. The lowest BCUT2D eigenvalue weighted by molar-refractivity contribution is 0.624. The van der Waals surface area contributed by atoms with Crippen molar-refractivity contribution in [3.8, 4) is 11.1 Å². The molecular weight excluding hydrogens is 374 g/mol. The summed E-state index contributed by atoms with van der Waals surface area (Å²) in [6, 6.07) is 30.2. The van der Waals surface area contributed by atoms with E-state index in [1.165, 1.54) is 23.3 Å². The molecule has 0 saturated carbocycles. The van der Waals surface area contributed by atoms with E-state index in [9.17, 15) is 4.39 Å². The zero-order chi connectivity index (χ0) is 20.8. The summed E-state index contributed by atoms with van der Waals surface area (Å²) in [6.07, 6.45) is 3.30. The van der Waals surface area contributed by atoms with Crippen molar-refractivity contribution in [3.63, 3.8) is 0 Å². The van der Waals surface area contributed by atoms with Crippen molar-refractivity contribution in [1.29, 1.82) is 0 Å². The molecule has 0 amide bonds. The summed E-state index contributed by atoms with van der Waals surface area (Å²) >= 11 is 0. The Bertz CT molecular complexity index is 1080. The zero-order valence-corrected chi connectivity index (χ0v) is 16.8. The summed E-state index contributed by atoms with van der Waals surface area (Å²) < 4.78 is 28.5. The Hall–Kier alpha value is -3.26. The van der Waals surface area contributed by atoms with Crippen molar-refractivity contribution >= 4 is 0 Å². The lowest BCUT2D eigenvalue weighted by Crippen LogP contribution is -2.04. The minimum absolute atomic E-state index is 0.256. The fourth-order valence-electron chi connectivity index (χ4n) is 3.95. The Kier molecular flexibility index (Phi) is 6.34. The van der Waals surface area contributed by atoms with Gasteiger partial charge in [-0.1, -0.05) is 78.9 Å². The molecule has 0 bridgehead atoms. The van der Waals surface area contributed by atoms with Crippen LogP contribution in [0.25, 0.3) is 11.1 Å². The van der Waals surface area contributed by atoms with Crippen molar-refractivity contribution in [2.24, 2.45) is 0 Å². The van der Waals surface area contributed by atoms with Gasteiger partial charge in [0.1, 0.15) is 11.6 Å². The normalized spacial score (nSPS) is 10.9. The molecule has 4 rings (SSSR count). The van der Waals surface area contributed by atoms with Crippen molar-refractivity contribution in [2.75, 3.05) is 0 Å². The van der Waals surface area contributed by atoms with Gasteiger partial charge in [-0.3, -0.25) is 0 Å². The van der Waals surface area contributed by atoms with Crippen LogP contribution in [0, 0.1) is 11.6 Å². The molecule has 0 aromatic heterocycles. The molecule has 0 unspecified atom stereocenters. The van der Waals surface area contributed by atoms with E-state index in [-0.39, 0.29) is 11.6 Å². The third-order valence-electron chi connectivity index (χ3n) is 5.52. The minimum Gasteiger partial charge on any atom is -0.207 e. The monoisotopic (exact) mass is 398 g/mol. The third-order valence-corrected chi connectivity index (χ3v) is 5.52. The Balaban J connectivity index is 1.70. The topological polar surface area (TPSA) is 0 Å². The van der Waals surface area contributed by atoms with Gasteiger partial charge in [-0.05, 0) is 71.7 Å². The van der Waals surface area contributed by atoms with Crippen molar-refractivity contribution in [3.05, 3.63) is 131 Å². The minimum atomic E-state index is -0.315. The van der Waals surface area contributed by atoms with E-state index in [1.807, 2.05) is 42.5 Å². The van der Waals surface area contributed by atoms with E-state index in [0.29, 0.717) is 5.56 Å². The second-order valence-electron chi connectivity index (χ2n) is 7.54. The van der Waals surface area contributed by atoms with Crippen LogP contribution in [0.2, 0.25) is 0 Å². The quantitative estimate of drug-likeness (QED) is 0.309. The first kappa shape index (κ1) is 20.0. The van der Waals surface area contributed by atoms with E-state index < -0.39 is 0 Å². The highest BCUT2D eigenvalue weighted by Crippen LogP contribution is 2.31. The lowest BCUT2D eigenvalue weighted by atomic mass is 9.88. The highest BCUT2D eigenvalue weighted by Gasteiger charge is 2.16. The van der Waals surface area contributed by atoms with Gasteiger partial charge in [0, 0.05) is 5.56 Å². The number of benzene rings is 4. The van der Waals surface area contributed by atoms with Gasteiger partial charge < -0.3 is 0 Å². The Labute approximate surface area is 176 Å². The molecule has 30 heavy (non-hydrogen) atoms. The van der Waals surface area contributed by atoms with Crippen LogP contribution in [0.1, 0.15) is 22.3 Å². The van der Waals surface area contributed by atoms with Gasteiger partial charge in [0.15, 0.2) is 0 Å². The second-order valence-corrected chi connectivity index (χ2v) is 7.54. The molecule has 0 spiro atoms. The lowest BCUT2D eigenvalue weighted by Gasteiger charge is -2.17. The summed E-state index contributed by atoms with van der Waals surface area (Å²) in [7, 11) is 0. The Morgan fingerprint density at radius 3 is 1.67 bits per heavy atom. The molecular formula is C28H24F2. The molecule has 4 aromatic rings. The van der Waals surface area contributed by atoms with Gasteiger partial charge in [0.25, 0.3) is 0 Å². The summed E-state index contributed by atoms with van der Waals surface area (Å²) in [4.78, 5) is 0. The molecule has 0 aliphatic carbocycles. The summed E-state index contributed by atoms with van der Waals surface area (Å²) in [5, 5.41) is 0. The second kappa shape index (κ2) is 9.49. The molecule has 2 heteroatoms. The molecule has 0 fully saturated rings. The number of hydrogen-bond donors (Lipinski definition) is 0. The molecule has 4 aromatic carbocycles. The summed E-state index contributed by atoms with van der Waals surface area (Å²) in [5.74, 6) is -0.571. The van der Waals surface area contributed by atoms with E-state index >= 15 is 4.39 Å². The standard InChI is InChI=1S/C28H24F2/c29-25-17-14-24(15-18-25)28-26(19-12-22-9-5-2-6-10-22)23(16-20-27(28)30)13-11-21-7-3-1-4-8-21/h1-10,14-18,20H,11-13,19H2. The van der Waals surface area contributed by atoms with Crippen molar-refractivity contribution in [2.45, 2.75) is 25.7 Å². The van der Waals surface area contributed by atoms with E-state index in [2.05, 4.69) is 24.3 Å². The number of hydrogen-bond acceptors (Lipinski definition) is 0. The predicted molar refractivity (Wildman–Crippen MR) is 119 cm³/mol. The number of halogens is 2. The van der Waals surface area contributed by atoms with Gasteiger partial charge in [-0.15, -0.1) is 0 Å². The van der Waals surface area contributed by atoms with Gasteiger partial charge in [-0.25, -0.2) is 8.78 Å². The summed E-state index contributed by atoms with van der Waals surface area (Å²) in [5.41, 5.74) is 5.96. The van der Waals surface area contributed by atoms with Crippen molar-refractivity contribution < 1.29 is 8.78 Å². The number of rotatable bonds is 7. The van der Waals surface area contributed by atoms with Crippen molar-refractivity contribution in [1.82, 2.24) is 0 Å².